The van der Waals surface area contributed by atoms with Crippen LogP contribution in [0.2, 0.25) is 0 Å². The molecule has 0 fully saturated rings. The summed E-state index contributed by atoms with van der Waals surface area (Å²) in [5.74, 6) is 0.0524. The number of carbonyl (C=O) groups excluding carboxylic acids is 1. The van der Waals surface area contributed by atoms with Crippen LogP contribution in [0.4, 0.5) is 0 Å². The van der Waals surface area contributed by atoms with E-state index in [1.807, 2.05) is 59.2 Å². The minimum atomic E-state index is 0.0524. The number of aryl methyl sites for hydroxylation is 1. The Kier molecular flexibility index (Phi) is 3.96. The minimum Gasteiger partial charge on any atom is -0.352 e. The zero-order chi connectivity index (χ0) is 14.5. The van der Waals surface area contributed by atoms with Crippen molar-refractivity contribution in [2.24, 2.45) is 0 Å². The van der Waals surface area contributed by atoms with E-state index < -0.39 is 0 Å². The molecule has 0 aliphatic rings. The number of fused-ring (bicyclic) bond motifs is 1. The van der Waals surface area contributed by atoms with Crippen molar-refractivity contribution in [3.05, 3.63) is 66.5 Å². The van der Waals surface area contributed by atoms with Gasteiger partial charge < -0.3 is 9.88 Å². The highest BCUT2D eigenvalue weighted by molar-refractivity contribution is 5.77. The van der Waals surface area contributed by atoms with E-state index in [0.717, 1.165) is 16.6 Å². The van der Waals surface area contributed by atoms with Gasteiger partial charge in [0.25, 0.3) is 0 Å². The van der Waals surface area contributed by atoms with Crippen LogP contribution in [0.15, 0.2) is 60.9 Å². The topological polar surface area (TPSA) is 46.9 Å². The SMILES string of the molecule is O=C(CCn1cnc2ccccc21)NCc1ccccc1. The number of hydrogen-bond donors (Lipinski definition) is 1. The van der Waals surface area contributed by atoms with Crippen molar-refractivity contribution in [2.75, 3.05) is 0 Å². The van der Waals surface area contributed by atoms with Crippen molar-refractivity contribution in [1.29, 1.82) is 0 Å². The molecular weight excluding hydrogens is 262 g/mol. The summed E-state index contributed by atoms with van der Waals surface area (Å²) in [6.45, 7) is 1.21. The molecule has 0 aliphatic heterocycles. The minimum absolute atomic E-state index is 0.0524. The van der Waals surface area contributed by atoms with E-state index in [-0.39, 0.29) is 5.91 Å². The molecule has 3 rings (SSSR count). The maximum absolute atomic E-state index is 11.9. The first-order valence-electron chi connectivity index (χ1n) is 7.03. The van der Waals surface area contributed by atoms with Crippen molar-refractivity contribution in [1.82, 2.24) is 14.9 Å². The lowest BCUT2D eigenvalue weighted by Gasteiger charge is -2.06. The molecule has 0 spiro atoms. The number of para-hydroxylation sites is 2. The maximum atomic E-state index is 11.9. The summed E-state index contributed by atoms with van der Waals surface area (Å²) in [5, 5.41) is 2.94. The fourth-order valence-corrected chi connectivity index (χ4v) is 2.30. The molecule has 0 radical (unpaired) electrons. The Morgan fingerprint density at radius 2 is 1.81 bits per heavy atom. The third-order valence-corrected chi connectivity index (χ3v) is 3.44. The highest BCUT2D eigenvalue weighted by Crippen LogP contribution is 2.12. The monoisotopic (exact) mass is 279 g/mol. The van der Waals surface area contributed by atoms with Crippen LogP contribution in [0.1, 0.15) is 12.0 Å². The molecule has 0 bridgehead atoms. The zero-order valence-corrected chi connectivity index (χ0v) is 11.7. The van der Waals surface area contributed by atoms with Crippen LogP contribution < -0.4 is 5.32 Å². The molecule has 2 aromatic carbocycles. The van der Waals surface area contributed by atoms with Crippen LogP contribution in [0, 0.1) is 0 Å². The summed E-state index contributed by atoms with van der Waals surface area (Å²) < 4.78 is 2.01. The van der Waals surface area contributed by atoms with Crippen LogP contribution in [0.3, 0.4) is 0 Å². The first-order chi connectivity index (χ1) is 10.3. The largest absolute Gasteiger partial charge is 0.352 e. The van der Waals surface area contributed by atoms with Crippen molar-refractivity contribution in [3.63, 3.8) is 0 Å². The fourth-order valence-electron chi connectivity index (χ4n) is 2.30. The molecule has 0 aliphatic carbocycles. The summed E-state index contributed by atoms with van der Waals surface area (Å²) in [5.41, 5.74) is 3.13. The van der Waals surface area contributed by atoms with Gasteiger partial charge in [-0.05, 0) is 17.7 Å². The van der Waals surface area contributed by atoms with Gasteiger partial charge in [0.05, 0.1) is 17.4 Å². The maximum Gasteiger partial charge on any atom is 0.222 e. The molecule has 4 nitrogen and oxygen atoms in total. The number of rotatable bonds is 5. The summed E-state index contributed by atoms with van der Waals surface area (Å²) in [6.07, 6.45) is 2.24. The Morgan fingerprint density at radius 1 is 1.05 bits per heavy atom. The molecule has 0 atom stereocenters. The average molecular weight is 279 g/mol. The van der Waals surface area contributed by atoms with Gasteiger partial charge in [0.15, 0.2) is 0 Å². The average Bonchev–Trinajstić information content (AvgIpc) is 2.95. The molecule has 4 heteroatoms. The quantitative estimate of drug-likeness (QED) is 0.780. The number of nitrogens with zero attached hydrogens (tertiary/aromatic N) is 2. The normalized spacial score (nSPS) is 10.7. The number of aromatic nitrogens is 2. The molecule has 106 valence electrons. The van der Waals surface area contributed by atoms with Crippen LogP contribution in [-0.2, 0) is 17.9 Å². The van der Waals surface area contributed by atoms with Crippen LogP contribution >= 0.6 is 0 Å². The van der Waals surface area contributed by atoms with E-state index in [1.54, 1.807) is 6.33 Å². The van der Waals surface area contributed by atoms with E-state index >= 15 is 0 Å². The smallest absolute Gasteiger partial charge is 0.222 e. The Bertz CT molecular complexity index is 734. The summed E-state index contributed by atoms with van der Waals surface area (Å²) in [4.78, 5) is 16.2. The lowest BCUT2D eigenvalue weighted by Crippen LogP contribution is -2.23. The predicted molar refractivity (Wildman–Crippen MR) is 82.6 cm³/mol. The molecule has 1 heterocycles. The Balaban J connectivity index is 1.54. The fraction of sp³-hybridized carbons (Fsp3) is 0.176. The lowest BCUT2D eigenvalue weighted by molar-refractivity contribution is -0.121. The summed E-state index contributed by atoms with van der Waals surface area (Å²) in [6, 6.07) is 17.9. The van der Waals surface area contributed by atoms with E-state index in [2.05, 4.69) is 10.3 Å². The van der Waals surface area contributed by atoms with E-state index in [9.17, 15) is 4.79 Å². The Labute approximate surface area is 123 Å². The second-order valence-electron chi connectivity index (χ2n) is 4.94. The molecule has 0 saturated carbocycles. The molecule has 1 amide bonds. The van der Waals surface area contributed by atoms with Gasteiger partial charge in [0, 0.05) is 19.5 Å². The van der Waals surface area contributed by atoms with E-state index in [0.29, 0.717) is 19.5 Å². The second kappa shape index (κ2) is 6.22. The highest BCUT2D eigenvalue weighted by atomic mass is 16.1. The van der Waals surface area contributed by atoms with Gasteiger partial charge >= 0.3 is 0 Å². The molecule has 0 unspecified atom stereocenters. The molecule has 21 heavy (non-hydrogen) atoms. The molecular formula is C17H17N3O. The standard InChI is InChI=1S/C17H17N3O/c21-17(18-12-14-6-2-1-3-7-14)10-11-20-13-19-15-8-4-5-9-16(15)20/h1-9,13H,10-12H2,(H,18,21). The molecule has 3 aromatic rings. The van der Waals surface area contributed by atoms with Gasteiger partial charge in [0.2, 0.25) is 5.91 Å². The van der Waals surface area contributed by atoms with Crippen molar-refractivity contribution in [3.8, 4) is 0 Å². The van der Waals surface area contributed by atoms with Crippen molar-refractivity contribution >= 4 is 16.9 Å². The predicted octanol–water partition coefficient (Wildman–Crippen LogP) is 2.74. The second-order valence-corrected chi connectivity index (χ2v) is 4.94. The van der Waals surface area contributed by atoms with E-state index in [4.69, 9.17) is 0 Å². The van der Waals surface area contributed by atoms with Crippen LogP contribution in [0.5, 0.6) is 0 Å². The van der Waals surface area contributed by atoms with Gasteiger partial charge in [-0.2, -0.15) is 0 Å². The molecule has 1 N–H and O–H groups in total. The van der Waals surface area contributed by atoms with Gasteiger partial charge in [-0.1, -0.05) is 42.5 Å². The van der Waals surface area contributed by atoms with E-state index in [1.165, 1.54) is 0 Å². The Morgan fingerprint density at radius 3 is 2.67 bits per heavy atom. The zero-order valence-electron chi connectivity index (χ0n) is 11.7. The number of hydrogen-bond acceptors (Lipinski definition) is 2. The van der Waals surface area contributed by atoms with Gasteiger partial charge in [0.1, 0.15) is 0 Å². The number of benzene rings is 2. The molecule has 1 aromatic heterocycles. The summed E-state index contributed by atoms with van der Waals surface area (Å²) in [7, 11) is 0. The number of carbonyl (C=O) groups is 1. The third kappa shape index (κ3) is 3.28. The van der Waals surface area contributed by atoms with Crippen molar-refractivity contribution < 1.29 is 4.79 Å². The van der Waals surface area contributed by atoms with Gasteiger partial charge in [-0.15, -0.1) is 0 Å². The third-order valence-electron chi connectivity index (χ3n) is 3.44. The lowest BCUT2D eigenvalue weighted by atomic mass is 10.2. The first kappa shape index (κ1) is 13.4. The van der Waals surface area contributed by atoms with Crippen LogP contribution in [-0.4, -0.2) is 15.5 Å². The Hall–Kier alpha value is -2.62. The first-order valence-corrected chi connectivity index (χ1v) is 7.03. The number of nitrogens with one attached hydrogen (secondary N) is 1. The summed E-state index contributed by atoms with van der Waals surface area (Å²) >= 11 is 0. The van der Waals surface area contributed by atoms with Crippen LogP contribution in [0.25, 0.3) is 11.0 Å². The van der Waals surface area contributed by atoms with Gasteiger partial charge in [-0.3, -0.25) is 4.79 Å². The van der Waals surface area contributed by atoms with Crippen molar-refractivity contribution in [2.45, 2.75) is 19.5 Å². The number of imidazole rings is 1. The van der Waals surface area contributed by atoms with Gasteiger partial charge in [-0.25, -0.2) is 4.98 Å². The number of amides is 1. The molecule has 0 saturated heterocycles. The highest BCUT2D eigenvalue weighted by Gasteiger charge is 2.05.